The SMILES string of the molecule is CCOCCCN1C(=O)C(C(C)CC)NC1C1CCCC1. The Balaban J connectivity index is 1.98. The molecule has 1 saturated carbocycles. The molecule has 2 rings (SSSR count). The van der Waals surface area contributed by atoms with E-state index in [4.69, 9.17) is 4.74 Å². The van der Waals surface area contributed by atoms with Crippen LogP contribution in [0.3, 0.4) is 0 Å². The Hall–Kier alpha value is -0.610. The molecule has 1 aliphatic carbocycles. The van der Waals surface area contributed by atoms with E-state index in [0.29, 0.717) is 17.7 Å². The first-order valence-electron chi connectivity index (χ1n) is 8.83. The van der Waals surface area contributed by atoms with Crippen molar-refractivity contribution < 1.29 is 9.53 Å². The molecule has 0 bridgehead atoms. The van der Waals surface area contributed by atoms with Gasteiger partial charge in [0.1, 0.15) is 0 Å². The molecule has 1 amide bonds. The highest BCUT2D eigenvalue weighted by atomic mass is 16.5. The third-order valence-electron chi connectivity index (χ3n) is 5.19. The largest absolute Gasteiger partial charge is 0.382 e. The monoisotopic (exact) mass is 296 g/mol. The van der Waals surface area contributed by atoms with E-state index in [1.54, 1.807) is 0 Å². The van der Waals surface area contributed by atoms with Gasteiger partial charge in [-0.1, -0.05) is 33.1 Å². The van der Waals surface area contributed by atoms with Gasteiger partial charge >= 0.3 is 0 Å². The quantitative estimate of drug-likeness (QED) is 0.700. The third kappa shape index (κ3) is 3.98. The van der Waals surface area contributed by atoms with Gasteiger partial charge in [-0.3, -0.25) is 10.1 Å². The summed E-state index contributed by atoms with van der Waals surface area (Å²) in [4.78, 5) is 14.9. The maximum atomic E-state index is 12.8. The highest BCUT2D eigenvalue weighted by Crippen LogP contribution is 2.33. The summed E-state index contributed by atoms with van der Waals surface area (Å²) in [5, 5.41) is 3.66. The lowest BCUT2D eigenvalue weighted by Gasteiger charge is -2.29. The van der Waals surface area contributed by atoms with E-state index in [9.17, 15) is 4.79 Å². The molecule has 0 aromatic rings. The number of hydrogen-bond donors (Lipinski definition) is 1. The summed E-state index contributed by atoms with van der Waals surface area (Å²) >= 11 is 0. The second-order valence-corrected chi connectivity index (χ2v) is 6.60. The number of carbonyl (C=O) groups is 1. The first kappa shape index (κ1) is 16.8. The minimum absolute atomic E-state index is 0.0210. The van der Waals surface area contributed by atoms with Crippen molar-refractivity contribution in [3.8, 4) is 0 Å². The van der Waals surface area contributed by atoms with E-state index in [1.807, 2.05) is 6.92 Å². The number of amides is 1. The van der Waals surface area contributed by atoms with Crippen LogP contribution in [0.1, 0.15) is 59.3 Å². The number of ether oxygens (including phenoxy) is 1. The number of hydrogen-bond acceptors (Lipinski definition) is 3. The lowest BCUT2D eigenvalue weighted by atomic mass is 9.99. The summed E-state index contributed by atoms with van der Waals surface area (Å²) < 4.78 is 5.43. The standard InChI is InChI=1S/C17H32N2O2/c1-4-13(3)15-17(20)19(11-8-12-21-5-2)16(18-15)14-9-6-7-10-14/h13-16,18H,4-12H2,1-3H3. The molecule has 2 aliphatic rings. The molecule has 1 aliphatic heterocycles. The fraction of sp³-hybridized carbons (Fsp3) is 0.941. The Bertz CT molecular complexity index is 329. The number of rotatable bonds is 8. The zero-order valence-electron chi connectivity index (χ0n) is 13.9. The molecule has 122 valence electrons. The van der Waals surface area contributed by atoms with Crippen molar-refractivity contribution in [2.24, 2.45) is 11.8 Å². The number of carbonyl (C=O) groups excluding carboxylic acids is 1. The van der Waals surface area contributed by atoms with Crippen molar-refractivity contribution in [1.82, 2.24) is 10.2 Å². The molecule has 3 unspecified atom stereocenters. The second kappa shape index (κ2) is 8.14. The molecule has 1 heterocycles. The van der Waals surface area contributed by atoms with E-state index < -0.39 is 0 Å². The average molecular weight is 296 g/mol. The van der Waals surface area contributed by atoms with Gasteiger partial charge < -0.3 is 9.64 Å². The average Bonchev–Trinajstić information content (AvgIpc) is 3.11. The summed E-state index contributed by atoms with van der Waals surface area (Å²) in [6.45, 7) is 8.72. The zero-order chi connectivity index (χ0) is 15.2. The van der Waals surface area contributed by atoms with Crippen molar-refractivity contribution >= 4 is 5.91 Å². The van der Waals surface area contributed by atoms with Crippen molar-refractivity contribution in [3.05, 3.63) is 0 Å². The van der Waals surface area contributed by atoms with Crippen LogP contribution < -0.4 is 5.32 Å². The van der Waals surface area contributed by atoms with Gasteiger partial charge in [-0.15, -0.1) is 0 Å². The van der Waals surface area contributed by atoms with E-state index in [2.05, 4.69) is 24.1 Å². The Morgan fingerprint density at radius 2 is 2.05 bits per heavy atom. The molecule has 0 aromatic carbocycles. The molecule has 2 fully saturated rings. The summed E-state index contributed by atoms with van der Waals surface area (Å²) in [5.41, 5.74) is 0. The molecule has 21 heavy (non-hydrogen) atoms. The normalized spacial score (nSPS) is 28.5. The van der Waals surface area contributed by atoms with Crippen molar-refractivity contribution in [2.75, 3.05) is 19.8 Å². The van der Waals surface area contributed by atoms with Crippen LogP contribution in [0.15, 0.2) is 0 Å². The van der Waals surface area contributed by atoms with Crippen LogP contribution in [0.25, 0.3) is 0 Å². The first-order chi connectivity index (χ1) is 10.2. The summed E-state index contributed by atoms with van der Waals surface area (Å²) in [7, 11) is 0. The van der Waals surface area contributed by atoms with Crippen LogP contribution in [0.4, 0.5) is 0 Å². The van der Waals surface area contributed by atoms with E-state index in [0.717, 1.165) is 32.6 Å². The minimum atomic E-state index is 0.0210. The van der Waals surface area contributed by atoms with Crippen molar-refractivity contribution in [2.45, 2.75) is 71.5 Å². The van der Waals surface area contributed by atoms with Gasteiger partial charge in [-0.25, -0.2) is 0 Å². The maximum Gasteiger partial charge on any atom is 0.241 e. The topological polar surface area (TPSA) is 41.6 Å². The lowest BCUT2D eigenvalue weighted by molar-refractivity contribution is -0.131. The van der Waals surface area contributed by atoms with Crippen LogP contribution in [0.5, 0.6) is 0 Å². The van der Waals surface area contributed by atoms with Gasteiger partial charge in [0.15, 0.2) is 0 Å². The molecule has 1 N–H and O–H groups in total. The summed E-state index contributed by atoms with van der Waals surface area (Å²) in [6.07, 6.45) is 7.42. The molecular weight excluding hydrogens is 264 g/mol. The number of nitrogens with one attached hydrogen (secondary N) is 1. The van der Waals surface area contributed by atoms with E-state index in [1.165, 1.54) is 25.7 Å². The molecule has 4 nitrogen and oxygen atoms in total. The van der Waals surface area contributed by atoms with Crippen LogP contribution in [-0.4, -0.2) is 42.8 Å². The van der Waals surface area contributed by atoms with Crippen LogP contribution in [0.2, 0.25) is 0 Å². The molecule has 3 atom stereocenters. The molecule has 1 saturated heterocycles. The predicted octanol–water partition coefficient (Wildman–Crippen LogP) is 2.78. The number of nitrogens with zero attached hydrogens (tertiary/aromatic N) is 1. The minimum Gasteiger partial charge on any atom is -0.382 e. The maximum absolute atomic E-state index is 12.8. The zero-order valence-corrected chi connectivity index (χ0v) is 13.9. The van der Waals surface area contributed by atoms with Gasteiger partial charge in [0.25, 0.3) is 0 Å². The van der Waals surface area contributed by atoms with Crippen molar-refractivity contribution in [3.63, 3.8) is 0 Å². The van der Waals surface area contributed by atoms with Crippen molar-refractivity contribution in [1.29, 1.82) is 0 Å². The fourth-order valence-electron chi connectivity index (χ4n) is 3.70. The molecule has 0 radical (unpaired) electrons. The third-order valence-corrected chi connectivity index (χ3v) is 5.19. The molecular formula is C17H32N2O2. The first-order valence-corrected chi connectivity index (χ1v) is 8.83. The Labute approximate surface area is 129 Å². The van der Waals surface area contributed by atoms with Gasteiger partial charge in [0, 0.05) is 19.8 Å². The Kier molecular flexibility index (Phi) is 6.49. The van der Waals surface area contributed by atoms with Gasteiger partial charge in [-0.2, -0.15) is 0 Å². The highest BCUT2D eigenvalue weighted by Gasteiger charge is 2.44. The van der Waals surface area contributed by atoms with E-state index >= 15 is 0 Å². The molecule has 4 heteroatoms. The van der Waals surface area contributed by atoms with Gasteiger partial charge in [0.2, 0.25) is 5.91 Å². The Morgan fingerprint density at radius 3 is 2.67 bits per heavy atom. The predicted molar refractivity (Wildman–Crippen MR) is 84.9 cm³/mol. The second-order valence-electron chi connectivity index (χ2n) is 6.60. The smallest absolute Gasteiger partial charge is 0.241 e. The van der Waals surface area contributed by atoms with Crippen LogP contribution in [-0.2, 0) is 9.53 Å². The lowest BCUT2D eigenvalue weighted by Crippen LogP contribution is -2.43. The summed E-state index contributed by atoms with van der Waals surface area (Å²) in [5.74, 6) is 1.38. The van der Waals surface area contributed by atoms with Gasteiger partial charge in [-0.05, 0) is 38.0 Å². The van der Waals surface area contributed by atoms with Crippen LogP contribution in [0, 0.1) is 11.8 Å². The van der Waals surface area contributed by atoms with Crippen LogP contribution >= 0.6 is 0 Å². The summed E-state index contributed by atoms with van der Waals surface area (Å²) in [6, 6.07) is 0.0210. The highest BCUT2D eigenvalue weighted by molar-refractivity contribution is 5.84. The van der Waals surface area contributed by atoms with Gasteiger partial charge in [0.05, 0.1) is 12.2 Å². The Morgan fingerprint density at radius 1 is 1.33 bits per heavy atom. The fourth-order valence-corrected chi connectivity index (χ4v) is 3.70. The van der Waals surface area contributed by atoms with E-state index in [-0.39, 0.29) is 12.2 Å². The molecule has 0 spiro atoms. The molecule has 0 aromatic heterocycles.